The molecule has 5 nitrogen and oxygen atoms in total. The summed E-state index contributed by atoms with van der Waals surface area (Å²) in [5.41, 5.74) is 0.808. The lowest BCUT2D eigenvalue weighted by atomic mass is 10.2. The summed E-state index contributed by atoms with van der Waals surface area (Å²) < 4.78 is 5.40. The number of aryl methyl sites for hydroxylation is 1. The number of carbonyl (C=O) groups excluding carboxylic acids is 1. The maximum atomic E-state index is 11.8. The number of hydrogen-bond acceptors (Lipinski definition) is 5. The summed E-state index contributed by atoms with van der Waals surface area (Å²) in [7, 11) is 3.90. The molecule has 2 rings (SSSR count). The number of hydrogen-bond donors (Lipinski definition) is 1. The summed E-state index contributed by atoms with van der Waals surface area (Å²) in [5, 5.41) is 5.79. The van der Waals surface area contributed by atoms with E-state index in [0.717, 1.165) is 16.5 Å². The molecule has 0 aliphatic rings. The maximum absolute atomic E-state index is 11.8. The van der Waals surface area contributed by atoms with E-state index in [1.807, 2.05) is 43.4 Å². The third-order valence-corrected chi connectivity index (χ3v) is 3.80. The van der Waals surface area contributed by atoms with Gasteiger partial charge in [0.25, 0.3) is 0 Å². The van der Waals surface area contributed by atoms with Gasteiger partial charge in [-0.25, -0.2) is 4.98 Å². The van der Waals surface area contributed by atoms with Crippen LogP contribution in [0.5, 0.6) is 0 Å². The molecule has 2 heterocycles. The second-order valence-electron chi connectivity index (χ2n) is 4.86. The predicted molar refractivity (Wildman–Crippen MR) is 84.0 cm³/mol. The van der Waals surface area contributed by atoms with Gasteiger partial charge in [-0.3, -0.25) is 9.69 Å². The third-order valence-electron chi connectivity index (χ3n) is 3.01. The maximum Gasteiger partial charge on any atom is 0.244 e. The van der Waals surface area contributed by atoms with Crippen molar-refractivity contribution in [1.29, 1.82) is 0 Å². The standard InChI is InChI=1S/C15H19N3O2S/c1-11-17-12(10-21-11)6-7-15(19)16-9-13(18(2)3)14-5-4-8-20-14/h4-8,10,13H,9H2,1-3H3,(H,16,19)/b7-6+. The van der Waals surface area contributed by atoms with E-state index in [4.69, 9.17) is 4.42 Å². The van der Waals surface area contributed by atoms with E-state index >= 15 is 0 Å². The fourth-order valence-corrected chi connectivity index (χ4v) is 2.47. The first-order chi connectivity index (χ1) is 10.1. The zero-order valence-corrected chi connectivity index (χ0v) is 13.2. The highest BCUT2D eigenvalue weighted by Crippen LogP contribution is 2.17. The molecule has 0 saturated heterocycles. The summed E-state index contributed by atoms with van der Waals surface area (Å²) in [5.74, 6) is 0.693. The molecule has 0 aliphatic heterocycles. The van der Waals surface area contributed by atoms with Crippen molar-refractivity contribution >= 4 is 23.3 Å². The van der Waals surface area contributed by atoms with E-state index in [-0.39, 0.29) is 11.9 Å². The van der Waals surface area contributed by atoms with E-state index in [1.54, 1.807) is 23.7 Å². The van der Waals surface area contributed by atoms with E-state index < -0.39 is 0 Å². The van der Waals surface area contributed by atoms with Crippen molar-refractivity contribution in [3.63, 3.8) is 0 Å². The number of carbonyl (C=O) groups is 1. The molecule has 2 aromatic heterocycles. The summed E-state index contributed by atoms with van der Waals surface area (Å²) >= 11 is 1.56. The number of amides is 1. The van der Waals surface area contributed by atoms with Crippen LogP contribution >= 0.6 is 11.3 Å². The van der Waals surface area contributed by atoms with Crippen LogP contribution in [0.15, 0.2) is 34.3 Å². The second kappa shape index (κ2) is 7.19. The molecule has 0 aromatic carbocycles. The second-order valence-corrected chi connectivity index (χ2v) is 5.93. The van der Waals surface area contributed by atoms with Crippen molar-refractivity contribution in [3.8, 4) is 0 Å². The summed E-state index contributed by atoms with van der Waals surface area (Å²) in [6.07, 6.45) is 4.86. The molecular formula is C15H19N3O2S. The van der Waals surface area contributed by atoms with Gasteiger partial charge in [0.1, 0.15) is 5.76 Å². The molecule has 0 fully saturated rings. The highest BCUT2D eigenvalue weighted by molar-refractivity contribution is 7.09. The Morgan fingerprint density at radius 2 is 2.38 bits per heavy atom. The molecule has 112 valence electrons. The molecule has 0 aliphatic carbocycles. The average Bonchev–Trinajstić information content (AvgIpc) is 3.08. The monoisotopic (exact) mass is 305 g/mol. The Balaban J connectivity index is 1.89. The molecule has 6 heteroatoms. The Kier molecular flexibility index (Phi) is 5.30. The minimum Gasteiger partial charge on any atom is -0.468 e. The molecule has 1 N–H and O–H groups in total. The highest BCUT2D eigenvalue weighted by atomic mass is 32.1. The Hall–Kier alpha value is -1.92. The molecule has 21 heavy (non-hydrogen) atoms. The average molecular weight is 305 g/mol. The Morgan fingerprint density at radius 1 is 1.57 bits per heavy atom. The van der Waals surface area contributed by atoms with E-state index in [1.165, 1.54) is 6.08 Å². The van der Waals surface area contributed by atoms with Crippen LogP contribution in [0.1, 0.15) is 22.5 Å². The largest absolute Gasteiger partial charge is 0.468 e. The number of likely N-dealkylation sites (N-methyl/N-ethyl adjacent to an activating group) is 1. The van der Waals surface area contributed by atoms with Crippen molar-refractivity contribution in [2.75, 3.05) is 20.6 Å². The molecule has 1 unspecified atom stereocenters. The van der Waals surface area contributed by atoms with Crippen LogP contribution < -0.4 is 5.32 Å². The number of thiazole rings is 1. The van der Waals surface area contributed by atoms with Crippen molar-refractivity contribution in [3.05, 3.63) is 46.3 Å². The van der Waals surface area contributed by atoms with Crippen LogP contribution in [0.2, 0.25) is 0 Å². The van der Waals surface area contributed by atoms with Crippen LogP contribution in [0.4, 0.5) is 0 Å². The zero-order chi connectivity index (χ0) is 15.2. The first-order valence-electron chi connectivity index (χ1n) is 6.64. The summed E-state index contributed by atoms with van der Waals surface area (Å²) in [6, 6.07) is 3.77. The van der Waals surface area contributed by atoms with Gasteiger partial charge in [0.15, 0.2) is 0 Å². The van der Waals surface area contributed by atoms with E-state index in [9.17, 15) is 4.79 Å². The number of nitrogens with one attached hydrogen (secondary N) is 1. The van der Waals surface area contributed by atoms with Crippen LogP contribution in [0.3, 0.4) is 0 Å². The van der Waals surface area contributed by atoms with Crippen LogP contribution in [-0.2, 0) is 4.79 Å². The lowest BCUT2D eigenvalue weighted by molar-refractivity contribution is -0.116. The van der Waals surface area contributed by atoms with Crippen LogP contribution in [0, 0.1) is 6.92 Å². The van der Waals surface area contributed by atoms with Gasteiger partial charge in [-0.15, -0.1) is 11.3 Å². The molecule has 0 spiro atoms. The molecule has 0 bridgehead atoms. The Bertz CT molecular complexity index is 602. The van der Waals surface area contributed by atoms with Gasteiger partial charge in [0.05, 0.1) is 23.0 Å². The van der Waals surface area contributed by atoms with Crippen LogP contribution in [-0.4, -0.2) is 36.4 Å². The Labute approximate surface area is 128 Å². The number of furan rings is 1. The quantitative estimate of drug-likeness (QED) is 0.833. The molecule has 0 radical (unpaired) electrons. The minimum absolute atomic E-state index is 0.0128. The smallest absolute Gasteiger partial charge is 0.244 e. The number of nitrogens with zero attached hydrogens (tertiary/aromatic N) is 2. The first-order valence-corrected chi connectivity index (χ1v) is 7.52. The van der Waals surface area contributed by atoms with Gasteiger partial charge in [-0.05, 0) is 39.2 Å². The fourth-order valence-electron chi connectivity index (χ4n) is 1.89. The van der Waals surface area contributed by atoms with Crippen molar-refractivity contribution < 1.29 is 9.21 Å². The van der Waals surface area contributed by atoms with Crippen molar-refractivity contribution in [2.45, 2.75) is 13.0 Å². The van der Waals surface area contributed by atoms with Gasteiger partial charge in [-0.2, -0.15) is 0 Å². The predicted octanol–water partition coefficient (Wildman–Crippen LogP) is 2.48. The molecule has 2 aromatic rings. The Morgan fingerprint density at radius 3 is 2.95 bits per heavy atom. The van der Waals surface area contributed by atoms with E-state index in [0.29, 0.717) is 6.54 Å². The van der Waals surface area contributed by atoms with E-state index in [2.05, 4.69) is 10.3 Å². The third kappa shape index (κ3) is 4.54. The lowest BCUT2D eigenvalue weighted by Crippen LogP contribution is -2.33. The minimum atomic E-state index is -0.140. The first kappa shape index (κ1) is 15.5. The van der Waals surface area contributed by atoms with Gasteiger partial charge in [0, 0.05) is 18.0 Å². The highest BCUT2D eigenvalue weighted by Gasteiger charge is 2.17. The lowest BCUT2D eigenvalue weighted by Gasteiger charge is -2.22. The summed E-state index contributed by atoms with van der Waals surface area (Å²) in [4.78, 5) is 18.1. The van der Waals surface area contributed by atoms with Gasteiger partial charge in [-0.1, -0.05) is 0 Å². The number of rotatable bonds is 6. The zero-order valence-electron chi connectivity index (χ0n) is 12.4. The fraction of sp³-hybridized carbons (Fsp3) is 0.333. The van der Waals surface area contributed by atoms with Gasteiger partial charge < -0.3 is 9.73 Å². The van der Waals surface area contributed by atoms with Crippen LogP contribution in [0.25, 0.3) is 6.08 Å². The SMILES string of the molecule is Cc1nc(/C=C/C(=O)NCC(c2ccco2)N(C)C)cs1. The molecule has 0 saturated carbocycles. The van der Waals surface area contributed by atoms with Crippen molar-refractivity contribution in [1.82, 2.24) is 15.2 Å². The van der Waals surface area contributed by atoms with Gasteiger partial charge >= 0.3 is 0 Å². The normalized spacial score (nSPS) is 13.0. The van der Waals surface area contributed by atoms with Crippen molar-refractivity contribution in [2.24, 2.45) is 0 Å². The topological polar surface area (TPSA) is 58.4 Å². The van der Waals surface area contributed by atoms with Gasteiger partial charge in [0.2, 0.25) is 5.91 Å². The molecule has 1 atom stereocenters. The molecule has 1 amide bonds. The molecular weight excluding hydrogens is 286 g/mol. The number of aromatic nitrogens is 1. The summed E-state index contributed by atoms with van der Waals surface area (Å²) in [6.45, 7) is 2.42.